The van der Waals surface area contributed by atoms with Crippen molar-refractivity contribution in [1.29, 1.82) is 0 Å². The quantitative estimate of drug-likeness (QED) is 0.737. The molecule has 0 aliphatic carbocycles. The first-order chi connectivity index (χ1) is 14.6. The topological polar surface area (TPSA) is 67.9 Å². The van der Waals surface area contributed by atoms with E-state index in [1.54, 1.807) is 23.1 Å². The molecular formula is C22H22ClFN2O4. The van der Waals surface area contributed by atoms with Gasteiger partial charge in [0, 0.05) is 24.6 Å². The molecule has 6 nitrogen and oxygen atoms in total. The molecule has 158 valence electrons. The van der Waals surface area contributed by atoms with Crippen LogP contribution in [0.25, 0.3) is 0 Å². The van der Waals surface area contributed by atoms with Crippen molar-refractivity contribution in [2.24, 2.45) is 0 Å². The number of carbonyl (C=O) groups is 2. The van der Waals surface area contributed by atoms with Gasteiger partial charge in [0.15, 0.2) is 11.5 Å². The summed E-state index contributed by atoms with van der Waals surface area (Å²) in [7, 11) is 0. The van der Waals surface area contributed by atoms with Gasteiger partial charge in [-0.1, -0.05) is 30.3 Å². The van der Waals surface area contributed by atoms with E-state index in [0.29, 0.717) is 36.8 Å². The Kier molecular flexibility index (Phi) is 6.08. The summed E-state index contributed by atoms with van der Waals surface area (Å²) in [4.78, 5) is 26.6. The molecular weight excluding hydrogens is 411 g/mol. The van der Waals surface area contributed by atoms with Crippen LogP contribution >= 0.6 is 11.6 Å². The summed E-state index contributed by atoms with van der Waals surface area (Å²) >= 11 is 5.64. The zero-order valence-electron chi connectivity index (χ0n) is 16.3. The lowest BCUT2D eigenvalue weighted by molar-refractivity contribution is -0.129. The number of amides is 2. The molecule has 8 heteroatoms. The maximum atomic E-state index is 14.4. The molecule has 2 amide bonds. The monoisotopic (exact) mass is 432 g/mol. The molecule has 2 atom stereocenters. The Morgan fingerprint density at radius 3 is 2.70 bits per heavy atom. The Labute approximate surface area is 178 Å². The molecule has 0 saturated carbocycles. The molecule has 2 aromatic rings. The van der Waals surface area contributed by atoms with Crippen molar-refractivity contribution in [1.82, 2.24) is 10.2 Å². The highest BCUT2D eigenvalue weighted by molar-refractivity contribution is 6.27. The van der Waals surface area contributed by atoms with Crippen molar-refractivity contribution >= 4 is 23.4 Å². The van der Waals surface area contributed by atoms with E-state index in [9.17, 15) is 14.0 Å². The van der Waals surface area contributed by atoms with E-state index in [1.807, 2.05) is 18.2 Å². The molecule has 1 fully saturated rings. The summed E-state index contributed by atoms with van der Waals surface area (Å²) in [5, 5.41) is 2.83. The number of hydrogen-bond donors (Lipinski definition) is 1. The van der Waals surface area contributed by atoms with Crippen LogP contribution in [-0.4, -0.2) is 54.9 Å². The highest BCUT2D eigenvalue weighted by Gasteiger charge is 2.38. The molecule has 2 aliphatic rings. The van der Waals surface area contributed by atoms with E-state index in [-0.39, 0.29) is 42.4 Å². The third-order valence-corrected chi connectivity index (χ3v) is 5.68. The van der Waals surface area contributed by atoms with Gasteiger partial charge in [-0.3, -0.25) is 9.59 Å². The smallest absolute Gasteiger partial charge is 0.235 e. The molecule has 0 aromatic heterocycles. The van der Waals surface area contributed by atoms with Crippen molar-refractivity contribution in [2.45, 2.75) is 18.4 Å². The van der Waals surface area contributed by atoms with Gasteiger partial charge in [-0.25, -0.2) is 4.39 Å². The number of carbonyl (C=O) groups excluding carboxylic acids is 2. The van der Waals surface area contributed by atoms with Crippen molar-refractivity contribution in [2.75, 3.05) is 32.2 Å². The van der Waals surface area contributed by atoms with Crippen molar-refractivity contribution in [3.8, 4) is 11.5 Å². The molecule has 0 radical (unpaired) electrons. The average Bonchev–Trinajstić information content (AvgIpc) is 3.18. The van der Waals surface area contributed by atoms with Gasteiger partial charge in [-0.2, -0.15) is 0 Å². The van der Waals surface area contributed by atoms with E-state index in [4.69, 9.17) is 21.1 Å². The average molecular weight is 433 g/mol. The van der Waals surface area contributed by atoms with Crippen LogP contribution in [0, 0.1) is 5.82 Å². The third-order valence-electron chi connectivity index (χ3n) is 5.43. The van der Waals surface area contributed by atoms with Gasteiger partial charge in [0.1, 0.15) is 24.9 Å². The van der Waals surface area contributed by atoms with Gasteiger partial charge in [0.05, 0.1) is 12.5 Å². The fourth-order valence-corrected chi connectivity index (χ4v) is 4.12. The Hall–Kier alpha value is -2.80. The Bertz CT molecular complexity index is 954. The number of alkyl halides is 1. The zero-order valence-corrected chi connectivity index (χ0v) is 17.0. The predicted octanol–water partition coefficient (Wildman–Crippen LogP) is 2.49. The van der Waals surface area contributed by atoms with Gasteiger partial charge in [0.2, 0.25) is 11.8 Å². The van der Waals surface area contributed by atoms with Gasteiger partial charge in [0.25, 0.3) is 0 Å². The third kappa shape index (κ3) is 4.21. The fourth-order valence-electron chi connectivity index (χ4n) is 4.04. The molecule has 0 bridgehead atoms. The van der Waals surface area contributed by atoms with Crippen molar-refractivity contribution < 1.29 is 23.5 Å². The molecule has 0 unspecified atom stereocenters. The lowest BCUT2D eigenvalue weighted by Crippen LogP contribution is -2.41. The fraction of sp³-hybridized carbons (Fsp3) is 0.364. The lowest BCUT2D eigenvalue weighted by Gasteiger charge is -2.22. The first kappa shape index (κ1) is 20.5. The van der Waals surface area contributed by atoms with E-state index in [0.717, 1.165) is 5.56 Å². The first-order valence-electron chi connectivity index (χ1n) is 9.82. The Morgan fingerprint density at radius 1 is 1.10 bits per heavy atom. The number of likely N-dealkylation sites (tertiary alicyclic amines) is 1. The van der Waals surface area contributed by atoms with Crippen molar-refractivity contribution in [3.63, 3.8) is 0 Å². The summed E-state index contributed by atoms with van der Waals surface area (Å²) in [6, 6.07) is 11.5. The second-order valence-electron chi connectivity index (χ2n) is 7.35. The van der Waals surface area contributed by atoms with E-state index in [2.05, 4.69) is 5.32 Å². The van der Waals surface area contributed by atoms with Crippen LogP contribution in [0.4, 0.5) is 4.39 Å². The van der Waals surface area contributed by atoms with Crippen LogP contribution < -0.4 is 14.8 Å². The largest absolute Gasteiger partial charge is 0.486 e. The standard InChI is InChI=1S/C22H22ClFN2O4/c23-11-20(27)25-18-13-26(12-16(18)15-5-1-2-6-17(15)24)21(28)10-14-4-3-7-19-22(14)30-9-8-29-19/h1-7,16,18H,8-13H2,(H,25,27)/t16-,18+/m0/s1. The van der Waals surface area contributed by atoms with Gasteiger partial charge in [-0.05, 0) is 17.7 Å². The van der Waals surface area contributed by atoms with Gasteiger partial charge < -0.3 is 19.7 Å². The highest BCUT2D eigenvalue weighted by Crippen LogP contribution is 2.35. The number of nitrogens with one attached hydrogen (secondary N) is 1. The number of para-hydroxylation sites is 1. The van der Waals surface area contributed by atoms with Crippen LogP contribution in [0.3, 0.4) is 0 Å². The predicted molar refractivity (Wildman–Crippen MR) is 110 cm³/mol. The number of fused-ring (bicyclic) bond motifs is 1. The normalized spacial score (nSPS) is 20.1. The minimum absolute atomic E-state index is 0.124. The summed E-state index contributed by atoms with van der Waals surface area (Å²) in [6.07, 6.45) is 0.132. The van der Waals surface area contributed by atoms with Crippen LogP contribution in [0.15, 0.2) is 42.5 Å². The van der Waals surface area contributed by atoms with E-state index in [1.165, 1.54) is 6.07 Å². The highest BCUT2D eigenvalue weighted by atomic mass is 35.5. The molecule has 2 heterocycles. The van der Waals surface area contributed by atoms with Crippen molar-refractivity contribution in [3.05, 3.63) is 59.4 Å². The lowest BCUT2D eigenvalue weighted by atomic mass is 9.94. The Balaban J connectivity index is 1.54. The molecule has 1 N–H and O–H groups in total. The van der Waals surface area contributed by atoms with Crippen LogP contribution in [-0.2, 0) is 16.0 Å². The second-order valence-corrected chi connectivity index (χ2v) is 7.62. The molecule has 2 aromatic carbocycles. The van der Waals surface area contributed by atoms with E-state index >= 15 is 0 Å². The summed E-state index contributed by atoms with van der Waals surface area (Å²) in [5.41, 5.74) is 1.22. The first-order valence-corrected chi connectivity index (χ1v) is 10.3. The van der Waals surface area contributed by atoms with Crippen LogP contribution in [0.2, 0.25) is 0 Å². The number of ether oxygens (including phenoxy) is 2. The van der Waals surface area contributed by atoms with Crippen LogP contribution in [0.1, 0.15) is 17.0 Å². The summed E-state index contributed by atoms with van der Waals surface area (Å²) < 4.78 is 25.7. The second kappa shape index (κ2) is 8.92. The number of benzene rings is 2. The molecule has 2 aliphatic heterocycles. The number of rotatable bonds is 5. The minimum Gasteiger partial charge on any atom is -0.486 e. The SMILES string of the molecule is O=C(CCl)N[C@@H]1CN(C(=O)Cc2cccc3c2OCCO3)C[C@H]1c1ccccc1F. The molecule has 0 spiro atoms. The zero-order chi connectivity index (χ0) is 21.1. The number of hydrogen-bond acceptors (Lipinski definition) is 4. The summed E-state index contributed by atoms with van der Waals surface area (Å²) in [5.74, 6) is -0.154. The number of halogens is 2. The molecule has 30 heavy (non-hydrogen) atoms. The maximum absolute atomic E-state index is 14.4. The van der Waals surface area contributed by atoms with Gasteiger partial charge >= 0.3 is 0 Å². The van der Waals surface area contributed by atoms with Crippen LogP contribution in [0.5, 0.6) is 11.5 Å². The van der Waals surface area contributed by atoms with Gasteiger partial charge in [-0.15, -0.1) is 11.6 Å². The Morgan fingerprint density at radius 2 is 1.90 bits per heavy atom. The molecule has 4 rings (SSSR count). The molecule has 1 saturated heterocycles. The maximum Gasteiger partial charge on any atom is 0.235 e. The number of nitrogens with zero attached hydrogens (tertiary/aromatic N) is 1. The summed E-state index contributed by atoms with van der Waals surface area (Å²) in [6.45, 7) is 1.50. The van der Waals surface area contributed by atoms with E-state index < -0.39 is 6.04 Å². The minimum atomic E-state index is -0.415.